The monoisotopic (exact) mass is 1020 g/mol. The fraction of sp³-hybridized carbons (Fsp3) is 0.935. The molecule has 0 spiro atoms. The molecule has 0 fully saturated rings. The third-order valence-electron chi connectivity index (χ3n) is 14.3. The van der Waals surface area contributed by atoms with Crippen LogP contribution in [0.25, 0.3) is 0 Å². The summed E-state index contributed by atoms with van der Waals surface area (Å²) in [6.45, 7) is 13.7. The first-order valence-electron chi connectivity index (χ1n) is 31.4. The molecule has 0 aromatic carbocycles. The second kappa shape index (κ2) is 58.1. The second-order valence-electron chi connectivity index (χ2n) is 21.3. The normalized spacial score (nSPS) is 11.5. The van der Waals surface area contributed by atoms with E-state index in [1.54, 1.807) is 0 Å². The molecule has 0 aromatic rings. The van der Waals surface area contributed by atoms with Crippen molar-refractivity contribution in [2.45, 2.75) is 310 Å². The van der Waals surface area contributed by atoms with Crippen LogP contribution in [0.2, 0.25) is 0 Å². The smallest absolute Gasteiger partial charge is 0.307 e. The highest BCUT2D eigenvalue weighted by atomic mass is 16.5. The molecule has 0 atom stereocenters. The Morgan fingerprint density at radius 2 is 0.375 bits per heavy atom. The number of nitrogens with zero attached hydrogens (tertiary/aromatic N) is 2. The molecule has 0 N–H and O–H groups in total. The molecule has 72 heavy (non-hydrogen) atoms. The number of unbranched alkanes of at least 4 members (excludes halogenated alkanes) is 36. The average Bonchev–Trinajstić information content (AvgIpc) is 3.38. The van der Waals surface area contributed by atoms with Crippen LogP contribution in [0.3, 0.4) is 0 Å². The average molecular weight is 1020 g/mol. The summed E-state index contributed by atoms with van der Waals surface area (Å²) in [6, 6.07) is 0. The van der Waals surface area contributed by atoms with Crippen molar-refractivity contribution in [2.75, 3.05) is 65.7 Å². The van der Waals surface area contributed by atoms with Gasteiger partial charge in [0.05, 0.1) is 52.1 Å². The van der Waals surface area contributed by atoms with Crippen molar-refractivity contribution in [1.82, 2.24) is 9.80 Å². The molecule has 10 heteroatoms. The van der Waals surface area contributed by atoms with E-state index in [1.807, 2.05) is 0 Å². The zero-order valence-corrected chi connectivity index (χ0v) is 48.3. The Bertz CT molecular complexity index is 998. The van der Waals surface area contributed by atoms with Gasteiger partial charge in [-0.3, -0.25) is 19.2 Å². The van der Waals surface area contributed by atoms with Gasteiger partial charge in [0.1, 0.15) is 0 Å². The van der Waals surface area contributed by atoms with E-state index in [-0.39, 0.29) is 49.6 Å². The molecule has 0 bridgehead atoms. The number of carbonyl (C=O) groups is 4. The fourth-order valence-corrected chi connectivity index (χ4v) is 9.34. The lowest BCUT2D eigenvalue weighted by atomic mass is 10.1. The van der Waals surface area contributed by atoms with Crippen molar-refractivity contribution in [3.8, 4) is 0 Å². The van der Waals surface area contributed by atoms with Gasteiger partial charge in [-0.15, -0.1) is 0 Å². The minimum Gasteiger partial charge on any atom is -0.466 e. The van der Waals surface area contributed by atoms with Gasteiger partial charge in [-0.1, -0.05) is 259 Å². The molecule has 0 radical (unpaired) electrons. The highest BCUT2D eigenvalue weighted by molar-refractivity contribution is 5.71. The molecule has 426 valence electrons. The van der Waals surface area contributed by atoms with Crippen LogP contribution in [-0.2, 0) is 38.1 Å². The van der Waals surface area contributed by atoms with Gasteiger partial charge < -0.3 is 28.7 Å². The molecule has 0 saturated carbocycles. The highest BCUT2D eigenvalue weighted by Crippen LogP contribution is 2.15. The summed E-state index contributed by atoms with van der Waals surface area (Å²) in [5, 5.41) is 0. The maximum absolute atomic E-state index is 12.9. The zero-order valence-electron chi connectivity index (χ0n) is 48.3. The predicted molar refractivity (Wildman–Crippen MR) is 303 cm³/mol. The Kier molecular flexibility index (Phi) is 56.3. The van der Waals surface area contributed by atoms with Gasteiger partial charge in [0.2, 0.25) is 0 Å². The molecular formula is C62H120N2O8. The third kappa shape index (κ3) is 54.1. The van der Waals surface area contributed by atoms with Crippen molar-refractivity contribution in [2.24, 2.45) is 0 Å². The number of hydrogen-bond donors (Lipinski definition) is 0. The molecule has 0 heterocycles. The van der Waals surface area contributed by atoms with Crippen LogP contribution in [-0.4, -0.2) is 99.4 Å². The molecule has 0 aliphatic heterocycles. The molecule has 0 saturated heterocycles. The lowest BCUT2D eigenvalue weighted by Gasteiger charge is -2.27. The Morgan fingerprint density at radius 3 is 0.542 bits per heavy atom. The molecular weight excluding hydrogens is 901 g/mol. The van der Waals surface area contributed by atoms with E-state index in [2.05, 4.69) is 37.5 Å². The van der Waals surface area contributed by atoms with Crippen molar-refractivity contribution in [3.05, 3.63) is 0 Å². The summed E-state index contributed by atoms with van der Waals surface area (Å²) in [6.07, 6.45) is 50.1. The molecule has 0 aromatic heterocycles. The van der Waals surface area contributed by atoms with Crippen molar-refractivity contribution in [3.63, 3.8) is 0 Å². The van der Waals surface area contributed by atoms with E-state index in [1.165, 1.54) is 205 Å². The van der Waals surface area contributed by atoms with E-state index >= 15 is 0 Å². The number of ether oxygens (including phenoxy) is 4. The first-order valence-corrected chi connectivity index (χ1v) is 31.4. The largest absolute Gasteiger partial charge is 0.466 e. The first kappa shape index (κ1) is 69.8. The van der Waals surface area contributed by atoms with E-state index in [9.17, 15) is 19.2 Å². The van der Waals surface area contributed by atoms with Gasteiger partial charge in [0.25, 0.3) is 0 Å². The molecule has 10 nitrogen and oxygen atoms in total. The van der Waals surface area contributed by atoms with Crippen molar-refractivity contribution >= 4 is 23.9 Å². The summed E-state index contributed by atoms with van der Waals surface area (Å²) in [7, 11) is 0. The summed E-state index contributed by atoms with van der Waals surface area (Å²) in [5.41, 5.74) is 0. The maximum atomic E-state index is 12.9. The number of esters is 4. The Morgan fingerprint density at radius 1 is 0.222 bits per heavy atom. The summed E-state index contributed by atoms with van der Waals surface area (Å²) in [5.74, 6) is -0.864. The third-order valence-corrected chi connectivity index (χ3v) is 14.3. The topological polar surface area (TPSA) is 112 Å². The summed E-state index contributed by atoms with van der Waals surface area (Å²) >= 11 is 0. The van der Waals surface area contributed by atoms with E-state index in [0.717, 1.165) is 51.4 Å². The lowest BCUT2D eigenvalue weighted by molar-refractivity contribution is -0.146. The van der Waals surface area contributed by atoms with Crippen LogP contribution in [0.4, 0.5) is 0 Å². The van der Waals surface area contributed by atoms with E-state index in [4.69, 9.17) is 18.9 Å². The first-order chi connectivity index (χ1) is 35.4. The van der Waals surface area contributed by atoms with Crippen LogP contribution in [0, 0.1) is 0 Å². The van der Waals surface area contributed by atoms with Crippen molar-refractivity contribution in [1.29, 1.82) is 0 Å². The van der Waals surface area contributed by atoms with Gasteiger partial charge in [-0.05, 0) is 25.7 Å². The van der Waals surface area contributed by atoms with E-state index < -0.39 is 0 Å². The maximum Gasteiger partial charge on any atom is 0.307 e. The van der Waals surface area contributed by atoms with Gasteiger partial charge in [-0.25, -0.2) is 0 Å². The molecule has 0 unspecified atom stereocenters. The van der Waals surface area contributed by atoms with Crippen molar-refractivity contribution < 1.29 is 38.1 Å². The Balaban J connectivity index is 5.23. The second-order valence-corrected chi connectivity index (χ2v) is 21.3. The fourth-order valence-electron chi connectivity index (χ4n) is 9.34. The van der Waals surface area contributed by atoms with Crippen LogP contribution < -0.4 is 0 Å². The van der Waals surface area contributed by atoms with Gasteiger partial charge in [0, 0.05) is 39.3 Å². The quantitative estimate of drug-likeness (QED) is 0.0332. The number of carbonyl (C=O) groups excluding carboxylic acids is 4. The van der Waals surface area contributed by atoms with Gasteiger partial charge in [-0.2, -0.15) is 0 Å². The molecule has 0 rings (SSSR count). The summed E-state index contributed by atoms with van der Waals surface area (Å²) < 4.78 is 22.6. The molecule has 0 aliphatic carbocycles. The predicted octanol–water partition coefficient (Wildman–Crippen LogP) is 17.0. The highest BCUT2D eigenvalue weighted by Gasteiger charge is 2.17. The van der Waals surface area contributed by atoms with Crippen LogP contribution in [0.15, 0.2) is 0 Å². The van der Waals surface area contributed by atoms with Gasteiger partial charge in [0.15, 0.2) is 0 Å². The SMILES string of the molecule is CCCCCCCCCCCCOC(=O)CCN(CCC(=O)OCCCCCCCCCCCC)CCN(CCC(=O)OCCCCCCCCCCCC)CCC(=O)OCCCCCCCCCCCC. The molecule has 0 amide bonds. The Hall–Kier alpha value is -2.20. The van der Waals surface area contributed by atoms with Gasteiger partial charge >= 0.3 is 23.9 Å². The van der Waals surface area contributed by atoms with Crippen LogP contribution >= 0.6 is 0 Å². The lowest BCUT2D eigenvalue weighted by Crippen LogP contribution is -2.39. The zero-order chi connectivity index (χ0) is 52.5. The minimum atomic E-state index is -0.216. The van der Waals surface area contributed by atoms with Crippen LogP contribution in [0.5, 0.6) is 0 Å². The summed E-state index contributed by atoms with van der Waals surface area (Å²) in [4.78, 5) is 56.1. The molecule has 0 aliphatic rings. The minimum absolute atomic E-state index is 0.216. The Labute approximate surface area is 446 Å². The number of rotatable bonds is 59. The van der Waals surface area contributed by atoms with E-state index in [0.29, 0.717) is 65.7 Å². The van der Waals surface area contributed by atoms with Crippen LogP contribution in [0.1, 0.15) is 310 Å². The number of hydrogen-bond acceptors (Lipinski definition) is 10. The standard InChI is InChI=1S/C62H120N2O8/c1-5-9-13-17-21-25-29-33-37-41-55-69-59(65)45-49-63(50-46-60(66)70-56-42-38-34-30-26-22-18-14-10-6-2)53-54-64(51-47-61(67)71-57-43-39-35-31-27-23-19-15-11-7-3)52-48-62(68)72-58-44-40-36-32-28-24-20-16-12-8-4/h5-58H2,1-4H3.